The van der Waals surface area contributed by atoms with Crippen molar-refractivity contribution in [1.82, 2.24) is 0 Å². The lowest BCUT2D eigenvalue weighted by atomic mass is 10.1. The van der Waals surface area contributed by atoms with Crippen LogP contribution >= 0.6 is 0 Å². The third-order valence-electron chi connectivity index (χ3n) is 1.02. The van der Waals surface area contributed by atoms with Crippen molar-refractivity contribution >= 4 is 6.04 Å². The van der Waals surface area contributed by atoms with Gasteiger partial charge in [0.15, 0.2) is 0 Å². The van der Waals surface area contributed by atoms with E-state index in [1.165, 1.54) is 0 Å². The largest absolute Gasteiger partial charge is 0.319 e. The van der Waals surface area contributed by atoms with Gasteiger partial charge in [0.05, 0.1) is 6.04 Å². The molecular weight excluding hydrogens is 121 g/mol. The van der Waals surface area contributed by atoms with Crippen LogP contribution in [-0.2, 0) is 4.79 Å². The van der Waals surface area contributed by atoms with Crippen molar-refractivity contribution in [2.24, 2.45) is 11.7 Å². The number of halogens is 1. The molecule has 2 nitrogen and oxygen atoms in total. The monoisotopic (exact) mass is 133 g/mol. The highest BCUT2D eigenvalue weighted by Crippen LogP contribution is 2.03. The van der Waals surface area contributed by atoms with E-state index in [0.717, 1.165) is 0 Å². The molecule has 0 aromatic heterocycles. The number of hydrogen-bond acceptors (Lipinski definition) is 2. The molecule has 1 unspecified atom stereocenters. The summed E-state index contributed by atoms with van der Waals surface area (Å²) in [6.45, 7) is 3.78. The van der Waals surface area contributed by atoms with Gasteiger partial charge in [-0.3, -0.25) is 4.79 Å². The highest BCUT2D eigenvalue weighted by Gasteiger charge is 2.12. The summed E-state index contributed by atoms with van der Waals surface area (Å²) in [5, 5.41) is 0. The fourth-order valence-electron chi connectivity index (χ4n) is 0.601. The normalized spacial score (nSPS) is 13.9. The second-order valence-electron chi connectivity index (χ2n) is 2.54. The molecule has 0 spiro atoms. The maximum absolute atomic E-state index is 11.7. The van der Waals surface area contributed by atoms with Crippen LogP contribution in [0.5, 0.6) is 0 Å². The molecule has 0 aromatic carbocycles. The van der Waals surface area contributed by atoms with E-state index in [-0.39, 0.29) is 5.92 Å². The Morgan fingerprint density at radius 2 is 2.11 bits per heavy atom. The molecule has 2 N–H and O–H groups in total. The van der Waals surface area contributed by atoms with Gasteiger partial charge in [-0.05, 0) is 12.3 Å². The number of rotatable bonds is 3. The number of carbonyl (C=O) groups is 1. The predicted molar refractivity (Wildman–Crippen MR) is 33.5 cm³/mol. The van der Waals surface area contributed by atoms with Gasteiger partial charge in [0.1, 0.15) is 0 Å². The summed E-state index contributed by atoms with van der Waals surface area (Å²) in [6.07, 6.45) is 0.426. The first kappa shape index (κ1) is 8.56. The van der Waals surface area contributed by atoms with E-state index in [9.17, 15) is 9.18 Å². The lowest BCUT2D eigenvalue weighted by Crippen LogP contribution is -2.28. The van der Waals surface area contributed by atoms with Crippen molar-refractivity contribution in [2.45, 2.75) is 26.3 Å². The van der Waals surface area contributed by atoms with Crippen LogP contribution in [0, 0.1) is 5.92 Å². The molecule has 3 heteroatoms. The van der Waals surface area contributed by atoms with Crippen LogP contribution < -0.4 is 5.73 Å². The van der Waals surface area contributed by atoms with E-state index >= 15 is 0 Å². The van der Waals surface area contributed by atoms with E-state index in [1.54, 1.807) is 0 Å². The first-order valence-electron chi connectivity index (χ1n) is 2.99. The molecule has 0 heterocycles. The SMILES string of the molecule is CC(C)CC(N)C(=O)F. The van der Waals surface area contributed by atoms with Crippen molar-refractivity contribution < 1.29 is 9.18 Å². The molecule has 0 aliphatic carbocycles. The molecular formula is C6H12FNO. The Bertz CT molecular complexity index is 103. The molecule has 0 saturated heterocycles. The Kier molecular flexibility index (Phi) is 3.39. The van der Waals surface area contributed by atoms with Crippen LogP contribution in [0.25, 0.3) is 0 Å². The zero-order chi connectivity index (χ0) is 7.44. The van der Waals surface area contributed by atoms with Crippen molar-refractivity contribution in [3.8, 4) is 0 Å². The Labute approximate surface area is 54.2 Å². The number of hydrogen-bond donors (Lipinski definition) is 1. The lowest BCUT2D eigenvalue weighted by Gasteiger charge is -2.06. The molecule has 0 aromatic rings. The Hall–Kier alpha value is -0.440. The molecule has 0 fully saturated rings. The van der Waals surface area contributed by atoms with Gasteiger partial charge in [-0.2, -0.15) is 4.39 Å². The third-order valence-corrected chi connectivity index (χ3v) is 1.02. The van der Waals surface area contributed by atoms with Gasteiger partial charge in [-0.25, -0.2) is 0 Å². The Morgan fingerprint density at radius 3 is 2.22 bits per heavy atom. The summed E-state index contributed by atoms with van der Waals surface area (Å²) in [5.41, 5.74) is 5.09. The maximum Gasteiger partial charge on any atom is 0.318 e. The summed E-state index contributed by atoms with van der Waals surface area (Å²) in [7, 11) is 0. The molecule has 0 rings (SSSR count). The topological polar surface area (TPSA) is 43.1 Å². The zero-order valence-electron chi connectivity index (χ0n) is 5.73. The maximum atomic E-state index is 11.7. The number of carbonyl (C=O) groups excluding carboxylic acids is 1. The molecule has 0 saturated carbocycles. The summed E-state index contributed by atoms with van der Waals surface area (Å²) < 4.78 is 11.7. The van der Waals surface area contributed by atoms with Crippen LogP contribution in [0.2, 0.25) is 0 Å². The van der Waals surface area contributed by atoms with Gasteiger partial charge in [-0.1, -0.05) is 13.8 Å². The number of nitrogens with two attached hydrogens (primary N) is 1. The summed E-state index contributed by atoms with van der Waals surface area (Å²) in [4.78, 5) is 9.89. The highest BCUT2D eigenvalue weighted by atomic mass is 19.1. The first-order valence-corrected chi connectivity index (χ1v) is 2.99. The van der Waals surface area contributed by atoms with Crippen molar-refractivity contribution in [1.29, 1.82) is 0 Å². The smallest absolute Gasteiger partial charge is 0.318 e. The van der Waals surface area contributed by atoms with Crippen molar-refractivity contribution in [2.75, 3.05) is 0 Å². The van der Waals surface area contributed by atoms with Gasteiger partial charge in [0.2, 0.25) is 0 Å². The van der Waals surface area contributed by atoms with E-state index in [1.807, 2.05) is 13.8 Å². The highest BCUT2D eigenvalue weighted by molar-refractivity contribution is 5.73. The van der Waals surface area contributed by atoms with Crippen molar-refractivity contribution in [3.05, 3.63) is 0 Å². The van der Waals surface area contributed by atoms with Gasteiger partial charge in [0, 0.05) is 0 Å². The molecule has 0 aliphatic heterocycles. The van der Waals surface area contributed by atoms with Crippen LogP contribution in [0.4, 0.5) is 4.39 Å². The average molecular weight is 133 g/mol. The van der Waals surface area contributed by atoms with E-state index in [2.05, 4.69) is 0 Å². The van der Waals surface area contributed by atoms with Gasteiger partial charge in [-0.15, -0.1) is 0 Å². The summed E-state index contributed by atoms with van der Waals surface area (Å²) >= 11 is 0. The van der Waals surface area contributed by atoms with Crippen molar-refractivity contribution in [3.63, 3.8) is 0 Å². The Balaban J connectivity index is 3.50. The molecule has 54 valence electrons. The molecule has 0 aliphatic rings. The van der Waals surface area contributed by atoms with Crippen LogP contribution in [0.1, 0.15) is 20.3 Å². The minimum absolute atomic E-state index is 0.277. The molecule has 0 radical (unpaired) electrons. The molecule has 1 atom stereocenters. The molecule has 0 amide bonds. The fraction of sp³-hybridized carbons (Fsp3) is 0.833. The van der Waals surface area contributed by atoms with Crippen LogP contribution in [-0.4, -0.2) is 12.1 Å². The van der Waals surface area contributed by atoms with E-state index < -0.39 is 12.1 Å². The molecule has 9 heavy (non-hydrogen) atoms. The van der Waals surface area contributed by atoms with Crippen LogP contribution in [0.3, 0.4) is 0 Å². The quantitative estimate of drug-likeness (QED) is 0.580. The second kappa shape index (κ2) is 3.56. The lowest BCUT2D eigenvalue weighted by molar-refractivity contribution is -0.131. The van der Waals surface area contributed by atoms with E-state index in [0.29, 0.717) is 6.42 Å². The third kappa shape index (κ3) is 4.09. The van der Waals surface area contributed by atoms with E-state index in [4.69, 9.17) is 5.73 Å². The Morgan fingerprint density at radius 1 is 1.67 bits per heavy atom. The fourth-order valence-corrected chi connectivity index (χ4v) is 0.601. The minimum Gasteiger partial charge on any atom is -0.319 e. The predicted octanol–water partition coefficient (Wildman–Crippen LogP) is 0.856. The summed E-state index contributed by atoms with van der Waals surface area (Å²) in [6, 6.07) is -2.33. The first-order chi connectivity index (χ1) is 4.04. The van der Waals surface area contributed by atoms with Gasteiger partial charge >= 0.3 is 6.04 Å². The average Bonchev–Trinajstić information content (AvgIpc) is 1.63. The molecule has 0 bridgehead atoms. The minimum atomic E-state index is -1.41. The van der Waals surface area contributed by atoms with Gasteiger partial charge < -0.3 is 5.73 Å². The standard InChI is InChI=1S/C6H12FNO/c1-4(2)3-5(8)6(7)9/h4-5H,3,8H2,1-2H3. The second-order valence-corrected chi connectivity index (χ2v) is 2.54. The zero-order valence-corrected chi connectivity index (χ0v) is 5.73. The van der Waals surface area contributed by atoms with Crippen LogP contribution in [0.15, 0.2) is 0 Å². The summed E-state index contributed by atoms with van der Waals surface area (Å²) in [5.74, 6) is 0.277. The van der Waals surface area contributed by atoms with Gasteiger partial charge in [0.25, 0.3) is 0 Å².